The van der Waals surface area contributed by atoms with Crippen LogP contribution in [-0.4, -0.2) is 42.6 Å². The summed E-state index contributed by atoms with van der Waals surface area (Å²) in [5.74, 6) is 0.389. The molecule has 1 heterocycles. The number of Topliss-reactive ketones (excluding diaryl/α,β-unsaturated/α-hetero) is 1. The molecule has 1 aliphatic heterocycles. The predicted molar refractivity (Wildman–Crippen MR) is 72.6 cm³/mol. The van der Waals surface area contributed by atoms with Crippen LogP contribution in [0.1, 0.15) is 51.4 Å². The minimum Gasteiger partial charge on any atom is -0.359 e. The summed E-state index contributed by atoms with van der Waals surface area (Å²) >= 11 is 0. The molecule has 1 aliphatic rings. The molecular formula is C14H24N2O3. The highest BCUT2D eigenvalue weighted by Gasteiger charge is 2.18. The van der Waals surface area contributed by atoms with Crippen molar-refractivity contribution in [3.8, 4) is 0 Å². The monoisotopic (exact) mass is 268 g/mol. The van der Waals surface area contributed by atoms with Gasteiger partial charge in [0.1, 0.15) is 5.78 Å². The summed E-state index contributed by atoms with van der Waals surface area (Å²) in [6.45, 7) is 1.36. The van der Waals surface area contributed by atoms with Crippen LogP contribution in [0.2, 0.25) is 0 Å². The molecule has 0 aliphatic carbocycles. The Labute approximate surface area is 114 Å². The van der Waals surface area contributed by atoms with Gasteiger partial charge in [0.25, 0.3) is 0 Å². The Hall–Kier alpha value is -1.39. The molecule has 1 fully saturated rings. The molecule has 1 saturated heterocycles. The third kappa shape index (κ3) is 6.36. The van der Waals surface area contributed by atoms with Crippen molar-refractivity contribution in [1.29, 1.82) is 0 Å². The number of nitrogens with one attached hydrogen (secondary N) is 1. The van der Waals surface area contributed by atoms with E-state index in [1.165, 1.54) is 0 Å². The first kappa shape index (κ1) is 15.7. The Morgan fingerprint density at radius 2 is 1.89 bits per heavy atom. The van der Waals surface area contributed by atoms with Gasteiger partial charge < -0.3 is 10.2 Å². The number of likely N-dealkylation sites (tertiary alicyclic amines) is 1. The van der Waals surface area contributed by atoms with Crippen molar-refractivity contribution in [2.45, 2.75) is 51.4 Å². The van der Waals surface area contributed by atoms with Gasteiger partial charge in [-0.15, -0.1) is 0 Å². The van der Waals surface area contributed by atoms with Crippen LogP contribution in [0.4, 0.5) is 0 Å². The first-order chi connectivity index (χ1) is 9.13. The van der Waals surface area contributed by atoms with Gasteiger partial charge in [-0.2, -0.15) is 0 Å². The van der Waals surface area contributed by atoms with Crippen LogP contribution in [0.3, 0.4) is 0 Å². The molecule has 0 aromatic carbocycles. The maximum atomic E-state index is 11.7. The predicted octanol–water partition coefficient (Wildman–Crippen LogP) is 1.26. The zero-order chi connectivity index (χ0) is 14.1. The van der Waals surface area contributed by atoms with Crippen LogP contribution in [-0.2, 0) is 14.4 Å². The van der Waals surface area contributed by atoms with Crippen molar-refractivity contribution in [1.82, 2.24) is 10.2 Å². The van der Waals surface area contributed by atoms with Crippen LogP contribution in [0, 0.1) is 0 Å². The van der Waals surface area contributed by atoms with Gasteiger partial charge in [-0.3, -0.25) is 14.4 Å². The molecule has 1 N–H and O–H groups in total. The van der Waals surface area contributed by atoms with Gasteiger partial charge in [0, 0.05) is 45.8 Å². The van der Waals surface area contributed by atoms with Gasteiger partial charge in [-0.05, 0) is 25.7 Å². The fourth-order valence-corrected chi connectivity index (χ4v) is 2.22. The van der Waals surface area contributed by atoms with Crippen LogP contribution in [0.5, 0.6) is 0 Å². The summed E-state index contributed by atoms with van der Waals surface area (Å²) in [6, 6.07) is 0. The van der Waals surface area contributed by atoms with E-state index in [9.17, 15) is 14.4 Å². The fourth-order valence-electron chi connectivity index (χ4n) is 2.22. The molecule has 108 valence electrons. The molecule has 0 saturated carbocycles. The van der Waals surface area contributed by atoms with E-state index in [1.807, 2.05) is 0 Å². The Morgan fingerprint density at radius 1 is 1.16 bits per heavy atom. The highest BCUT2D eigenvalue weighted by Crippen LogP contribution is 2.11. The number of carbonyl (C=O) groups excluding carboxylic acids is 3. The van der Waals surface area contributed by atoms with Crippen LogP contribution >= 0.6 is 0 Å². The summed E-state index contributed by atoms with van der Waals surface area (Å²) in [7, 11) is 1.61. The van der Waals surface area contributed by atoms with Crippen molar-refractivity contribution in [2.75, 3.05) is 20.1 Å². The molecule has 1 rings (SSSR count). The van der Waals surface area contributed by atoms with E-state index in [1.54, 1.807) is 11.9 Å². The van der Waals surface area contributed by atoms with E-state index in [0.717, 1.165) is 32.2 Å². The van der Waals surface area contributed by atoms with Crippen molar-refractivity contribution >= 4 is 17.6 Å². The van der Waals surface area contributed by atoms with E-state index in [0.29, 0.717) is 32.2 Å². The highest BCUT2D eigenvalue weighted by atomic mass is 16.2. The smallest absolute Gasteiger partial charge is 0.222 e. The number of nitrogens with zero attached hydrogens (tertiary/aromatic N) is 1. The lowest BCUT2D eigenvalue weighted by atomic mass is 10.1. The second-order valence-corrected chi connectivity index (χ2v) is 5.01. The Balaban J connectivity index is 2.07. The van der Waals surface area contributed by atoms with Crippen molar-refractivity contribution in [3.05, 3.63) is 0 Å². The van der Waals surface area contributed by atoms with Gasteiger partial charge in [0.2, 0.25) is 11.8 Å². The van der Waals surface area contributed by atoms with E-state index in [4.69, 9.17) is 0 Å². The van der Waals surface area contributed by atoms with Crippen LogP contribution in [0.15, 0.2) is 0 Å². The number of amides is 2. The molecule has 0 aromatic heterocycles. The number of unbranched alkanes of at least 4 members (excludes halogenated alkanes) is 1. The molecule has 0 spiro atoms. The number of rotatable bonds is 8. The maximum absolute atomic E-state index is 11.7. The molecule has 19 heavy (non-hydrogen) atoms. The number of hydrogen-bond acceptors (Lipinski definition) is 3. The zero-order valence-corrected chi connectivity index (χ0v) is 11.7. The standard InChI is InChI=1S/C14H24N2O3/c1-15-13(18)7-3-2-6-12(17)9-11-16-10-5-4-8-14(16)19/h2-11H2,1H3,(H,15,18). The zero-order valence-electron chi connectivity index (χ0n) is 11.7. The third-order valence-electron chi connectivity index (χ3n) is 3.47. The topological polar surface area (TPSA) is 66.5 Å². The third-order valence-corrected chi connectivity index (χ3v) is 3.47. The number of carbonyl (C=O) groups is 3. The lowest BCUT2D eigenvalue weighted by Gasteiger charge is -2.26. The van der Waals surface area contributed by atoms with E-state index >= 15 is 0 Å². The summed E-state index contributed by atoms with van der Waals surface area (Å²) in [5.41, 5.74) is 0. The number of ketones is 1. The van der Waals surface area contributed by atoms with Crippen molar-refractivity contribution in [3.63, 3.8) is 0 Å². The lowest BCUT2D eigenvalue weighted by Crippen LogP contribution is -2.36. The Morgan fingerprint density at radius 3 is 2.58 bits per heavy atom. The van der Waals surface area contributed by atoms with Crippen LogP contribution in [0.25, 0.3) is 0 Å². The van der Waals surface area contributed by atoms with E-state index in [-0.39, 0.29) is 17.6 Å². The van der Waals surface area contributed by atoms with Crippen molar-refractivity contribution < 1.29 is 14.4 Å². The number of hydrogen-bond donors (Lipinski definition) is 1. The van der Waals surface area contributed by atoms with Gasteiger partial charge in [0.15, 0.2) is 0 Å². The summed E-state index contributed by atoms with van der Waals surface area (Å²) in [4.78, 5) is 36.0. The average molecular weight is 268 g/mol. The summed E-state index contributed by atoms with van der Waals surface area (Å²) in [5, 5.41) is 2.56. The lowest BCUT2D eigenvalue weighted by molar-refractivity contribution is -0.133. The summed E-state index contributed by atoms with van der Waals surface area (Å²) in [6.07, 6.45) is 5.59. The largest absolute Gasteiger partial charge is 0.359 e. The summed E-state index contributed by atoms with van der Waals surface area (Å²) < 4.78 is 0. The van der Waals surface area contributed by atoms with E-state index < -0.39 is 0 Å². The van der Waals surface area contributed by atoms with Gasteiger partial charge >= 0.3 is 0 Å². The SMILES string of the molecule is CNC(=O)CCCCC(=O)CCN1CCCCC1=O. The Bertz CT molecular complexity index is 329. The van der Waals surface area contributed by atoms with Gasteiger partial charge in [0.05, 0.1) is 0 Å². The first-order valence-electron chi connectivity index (χ1n) is 7.13. The van der Waals surface area contributed by atoms with Crippen molar-refractivity contribution in [2.24, 2.45) is 0 Å². The normalized spacial score (nSPS) is 15.4. The average Bonchev–Trinajstić information content (AvgIpc) is 2.42. The fraction of sp³-hybridized carbons (Fsp3) is 0.786. The first-order valence-corrected chi connectivity index (χ1v) is 7.13. The molecule has 0 unspecified atom stereocenters. The minimum atomic E-state index is 0.0198. The minimum absolute atomic E-state index is 0.0198. The molecule has 0 atom stereocenters. The molecular weight excluding hydrogens is 244 g/mol. The molecule has 0 bridgehead atoms. The van der Waals surface area contributed by atoms with Crippen LogP contribution < -0.4 is 5.32 Å². The highest BCUT2D eigenvalue weighted by molar-refractivity contribution is 5.80. The molecule has 2 amide bonds. The maximum Gasteiger partial charge on any atom is 0.222 e. The molecule has 0 aromatic rings. The molecule has 0 radical (unpaired) electrons. The van der Waals surface area contributed by atoms with Gasteiger partial charge in [-0.1, -0.05) is 0 Å². The molecule has 5 heteroatoms. The molecule has 5 nitrogen and oxygen atoms in total. The van der Waals surface area contributed by atoms with Gasteiger partial charge in [-0.25, -0.2) is 0 Å². The number of piperidine rings is 1. The second-order valence-electron chi connectivity index (χ2n) is 5.01. The second kappa shape index (κ2) is 8.67. The van der Waals surface area contributed by atoms with E-state index in [2.05, 4.69) is 5.32 Å². The Kier molecular flexibility index (Phi) is 7.15. The quantitative estimate of drug-likeness (QED) is 0.674.